The van der Waals surface area contributed by atoms with Crippen molar-refractivity contribution in [3.63, 3.8) is 0 Å². The van der Waals surface area contributed by atoms with E-state index in [1.54, 1.807) is 19.2 Å². The van der Waals surface area contributed by atoms with Crippen molar-refractivity contribution >= 4 is 5.97 Å². The van der Waals surface area contributed by atoms with E-state index < -0.39 is 11.9 Å². The summed E-state index contributed by atoms with van der Waals surface area (Å²) in [7, 11) is 0. The maximum absolute atomic E-state index is 11.0. The molecule has 0 saturated carbocycles. The molecule has 0 radical (unpaired) electrons. The van der Waals surface area contributed by atoms with Gasteiger partial charge >= 0.3 is 5.97 Å². The van der Waals surface area contributed by atoms with Crippen LogP contribution in [0.3, 0.4) is 0 Å². The zero-order chi connectivity index (χ0) is 19.8. The van der Waals surface area contributed by atoms with E-state index in [4.69, 9.17) is 15.4 Å². The molecule has 1 unspecified atom stereocenters. The van der Waals surface area contributed by atoms with Crippen LogP contribution in [-0.4, -0.2) is 22.6 Å². The van der Waals surface area contributed by atoms with Gasteiger partial charge in [0.2, 0.25) is 5.88 Å². The maximum atomic E-state index is 11.0. The van der Waals surface area contributed by atoms with Crippen molar-refractivity contribution in [2.24, 2.45) is 11.0 Å². The number of hydrogen-bond acceptors (Lipinski definition) is 4. The van der Waals surface area contributed by atoms with E-state index in [9.17, 15) is 4.79 Å². The average Bonchev–Trinajstić information content (AvgIpc) is 2.65. The van der Waals surface area contributed by atoms with Gasteiger partial charge in [0.1, 0.15) is 5.75 Å². The van der Waals surface area contributed by atoms with Gasteiger partial charge in [-0.1, -0.05) is 37.2 Å². The van der Waals surface area contributed by atoms with E-state index in [0.717, 1.165) is 35.3 Å². The number of carboxylic acids is 1. The van der Waals surface area contributed by atoms with Gasteiger partial charge in [-0.05, 0) is 48.1 Å². The number of fused-ring (bicyclic) bond motifs is 2. The molecule has 0 saturated heterocycles. The Morgan fingerprint density at radius 2 is 2.11 bits per heavy atom. The molecule has 0 spiro atoms. The molecule has 1 aliphatic rings. The number of carboxylic acid groups (broad SMARTS) is 1. The number of rotatable bonds is 5. The number of azide groups is 1. The Bertz CT molecular complexity index is 845. The first-order valence-corrected chi connectivity index (χ1v) is 8.90. The zero-order valence-electron chi connectivity index (χ0n) is 15.8. The molecule has 2 aromatic rings. The highest BCUT2D eigenvalue weighted by Gasteiger charge is 2.20. The summed E-state index contributed by atoms with van der Waals surface area (Å²) in [6, 6.07) is 9.37. The summed E-state index contributed by atoms with van der Waals surface area (Å²) in [5.41, 5.74) is 10.7. The van der Waals surface area contributed by atoms with Crippen LogP contribution < -0.4 is 4.74 Å². The Hall–Kier alpha value is -3.05. The minimum Gasteiger partial charge on any atom is -0.481 e. The van der Waals surface area contributed by atoms with Crippen molar-refractivity contribution in [3.05, 3.63) is 63.7 Å². The number of ether oxygens (including phenoxy) is 1. The number of pyridine rings is 1. The fourth-order valence-electron chi connectivity index (χ4n) is 2.57. The maximum Gasteiger partial charge on any atom is 0.310 e. The first-order valence-electron chi connectivity index (χ1n) is 8.90. The molecule has 2 heterocycles. The zero-order valence-corrected chi connectivity index (χ0v) is 15.8. The molecule has 1 aromatic heterocycles. The predicted octanol–water partition coefficient (Wildman–Crippen LogP) is 5.31. The van der Waals surface area contributed by atoms with E-state index >= 15 is 0 Å². The van der Waals surface area contributed by atoms with Gasteiger partial charge in [-0.2, -0.15) is 0 Å². The van der Waals surface area contributed by atoms with Crippen molar-refractivity contribution in [1.29, 1.82) is 0 Å². The van der Waals surface area contributed by atoms with Crippen molar-refractivity contribution < 1.29 is 14.6 Å². The molecule has 0 bridgehead atoms. The fraction of sp³-hybridized carbons (Fsp3) is 0.400. The van der Waals surface area contributed by atoms with E-state index in [1.165, 1.54) is 0 Å². The van der Waals surface area contributed by atoms with Crippen LogP contribution in [0.25, 0.3) is 10.4 Å². The summed E-state index contributed by atoms with van der Waals surface area (Å²) in [5.74, 6) is 0.696. The Balaban J connectivity index is 0.000000279. The highest BCUT2D eigenvalue weighted by molar-refractivity contribution is 5.75. The number of benzene rings is 1. The second kappa shape index (κ2) is 9.59. The molecular weight excluding hydrogens is 344 g/mol. The minimum atomic E-state index is -0.821. The van der Waals surface area contributed by atoms with Crippen molar-refractivity contribution in [2.45, 2.75) is 39.5 Å². The molecule has 27 heavy (non-hydrogen) atoms. The van der Waals surface area contributed by atoms with Crippen LogP contribution in [0.4, 0.5) is 0 Å². The largest absolute Gasteiger partial charge is 0.481 e. The van der Waals surface area contributed by atoms with Crippen molar-refractivity contribution in [1.82, 2.24) is 4.98 Å². The van der Waals surface area contributed by atoms with Gasteiger partial charge in [0.25, 0.3) is 0 Å². The highest BCUT2D eigenvalue weighted by atomic mass is 16.5. The number of aromatic nitrogens is 1. The van der Waals surface area contributed by atoms with E-state index in [-0.39, 0.29) is 0 Å². The Morgan fingerprint density at radius 3 is 2.78 bits per heavy atom. The van der Waals surface area contributed by atoms with Crippen LogP contribution in [0.2, 0.25) is 0 Å². The summed E-state index contributed by atoms with van der Waals surface area (Å²) < 4.78 is 5.71. The van der Waals surface area contributed by atoms with Gasteiger partial charge in [-0.25, -0.2) is 4.98 Å². The first kappa shape index (κ1) is 20.3. The highest BCUT2D eigenvalue weighted by Crippen LogP contribution is 2.36. The molecule has 7 nitrogen and oxygen atoms in total. The Labute approximate surface area is 158 Å². The molecule has 142 valence electrons. The second-order valence-corrected chi connectivity index (χ2v) is 6.81. The molecule has 1 N–H and O–H groups in total. The van der Waals surface area contributed by atoms with Gasteiger partial charge in [0.15, 0.2) is 0 Å². The second-order valence-electron chi connectivity index (χ2n) is 6.81. The monoisotopic (exact) mass is 368 g/mol. The molecule has 0 amide bonds. The van der Waals surface area contributed by atoms with Crippen LogP contribution in [0.5, 0.6) is 11.6 Å². The van der Waals surface area contributed by atoms with Crippen molar-refractivity contribution in [3.8, 4) is 11.6 Å². The lowest BCUT2D eigenvalue weighted by Gasteiger charge is -2.20. The fourth-order valence-corrected chi connectivity index (χ4v) is 2.57. The SMILES string of the molecule is CC(C(=O)O)c1ccc2c(c1)Cc1cccnc1O2.CC(C)CCN=[N+]=[N-]. The van der Waals surface area contributed by atoms with Gasteiger partial charge in [-0.15, -0.1) is 0 Å². The van der Waals surface area contributed by atoms with Crippen LogP contribution >= 0.6 is 0 Å². The molecule has 1 aliphatic heterocycles. The lowest BCUT2D eigenvalue weighted by molar-refractivity contribution is -0.138. The summed E-state index contributed by atoms with van der Waals surface area (Å²) >= 11 is 0. The smallest absolute Gasteiger partial charge is 0.310 e. The van der Waals surface area contributed by atoms with Gasteiger partial charge in [0.05, 0.1) is 5.92 Å². The van der Waals surface area contributed by atoms with Crippen LogP contribution in [-0.2, 0) is 11.2 Å². The number of nitrogens with zero attached hydrogens (tertiary/aromatic N) is 4. The average molecular weight is 368 g/mol. The molecule has 1 atom stereocenters. The molecule has 1 aromatic carbocycles. The van der Waals surface area contributed by atoms with E-state index in [2.05, 4.69) is 28.9 Å². The van der Waals surface area contributed by atoms with Gasteiger partial charge < -0.3 is 9.84 Å². The Kier molecular flexibility index (Phi) is 7.20. The predicted molar refractivity (Wildman–Crippen MR) is 103 cm³/mol. The Morgan fingerprint density at radius 1 is 1.33 bits per heavy atom. The lowest BCUT2D eigenvalue weighted by Crippen LogP contribution is -2.10. The molecule has 7 heteroatoms. The standard InChI is InChI=1S/C15H13NO3.C5H11N3/c1-9(15(17)18)10-4-5-13-12(7-10)8-11-3-2-6-16-14(11)19-13;1-5(2)3-4-7-8-6/h2-7,9H,8H2,1H3,(H,17,18);5H,3-4H2,1-2H3. The number of carbonyl (C=O) groups is 1. The summed E-state index contributed by atoms with van der Waals surface area (Å²) in [5, 5.41) is 12.4. The van der Waals surface area contributed by atoms with Gasteiger partial charge in [0, 0.05) is 29.6 Å². The minimum absolute atomic E-state index is 0.513. The number of aliphatic carboxylic acids is 1. The molecule has 3 rings (SSSR count). The molecular formula is C20H24N4O3. The van der Waals surface area contributed by atoms with Crippen LogP contribution in [0, 0.1) is 5.92 Å². The number of hydrogen-bond donors (Lipinski definition) is 1. The molecule has 0 fully saturated rings. The van der Waals surface area contributed by atoms with Gasteiger partial charge in [-0.3, -0.25) is 4.79 Å². The summed E-state index contributed by atoms with van der Waals surface area (Å²) in [6.07, 6.45) is 3.41. The van der Waals surface area contributed by atoms with E-state index in [1.807, 2.05) is 24.3 Å². The summed E-state index contributed by atoms with van der Waals surface area (Å²) in [4.78, 5) is 17.8. The van der Waals surface area contributed by atoms with Crippen LogP contribution in [0.1, 0.15) is 49.8 Å². The third-order valence-corrected chi connectivity index (χ3v) is 4.26. The van der Waals surface area contributed by atoms with Crippen LogP contribution in [0.15, 0.2) is 41.6 Å². The lowest BCUT2D eigenvalue weighted by atomic mass is 9.95. The third kappa shape index (κ3) is 5.72. The first-order chi connectivity index (χ1) is 12.9. The molecule has 0 aliphatic carbocycles. The topological polar surface area (TPSA) is 108 Å². The quantitative estimate of drug-likeness (QED) is 0.374. The third-order valence-electron chi connectivity index (χ3n) is 4.26. The van der Waals surface area contributed by atoms with E-state index in [0.29, 0.717) is 18.3 Å². The normalized spacial score (nSPS) is 12.4. The van der Waals surface area contributed by atoms with Crippen molar-refractivity contribution in [2.75, 3.05) is 6.54 Å². The summed E-state index contributed by atoms with van der Waals surface area (Å²) in [6.45, 7) is 6.53.